The third kappa shape index (κ3) is 4.96. The van der Waals surface area contributed by atoms with Gasteiger partial charge in [0.1, 0.15) is 5.82 Å². The van der Waals surface area contributed by atoms with E-state index in [-0.39, 0.29) is 17.2 Å². The Bertz CT molecular complexity index is 934. The molecule has 2 heterocycles. The van der Waals surface area contributed by atoms with E-state index in [2.05, 4.69) is 34.6 Å². The summed E-state index contributed by atoms with van der Waals surface area (Å²) in [5.41, 5.74) is 3.29. The van der Waals surface area contributed by atoms with Crippen molar-refractivity contribution in [1.29, 1.82) is 0 Å². The molecule has 30 heavy (non-hydrogen) atoms. The van der Waals surface area contributed by atoms with Gasteiger partial charge in [0.05, 0.1) is 0 Å². The van der Waals surface area contributed by atoms with Crippen LogP contribution in [0.2, 0.25) is 0 Å². The van der Waals surface area contributed by atoms with E-state index in [0.717, 1.165) is 57.2 Å². The van der Waals surface area contributed by atoms with Gasteiger partial charge in [0.25, 0.3) is 0 Å². The highest BCUT2D eigenvalue weighted by Crippen LogP contribution is 2.45. The van der Waals surface area contributed by atoms with Crippen LogP contribution in [0.15, 0.2) is 59.9 Å². The lowest BCUT2D eigenvalue weighted by molar-refractivity contribution is -0.125. The molecule has 0 atom stereocenters. The zero-order valence-electron chi connectivity index (χ0n) is 17.6. The van der Waals surface area contributed by atoms with Crippen molar-refractivity contribution in [3.63, 3.8) is 0 Å². The van der Waals surface area contributed by atoms with Crippen LogP contribution in [0.4, 0.5) is 5.82 Å². The van der Waals surface area contributed by atoms with E-state index in [1.54, 1.807) is 24.4 Å². The molecule has 156 valence electrons. The predicted molar refractivity (Wildman–Crippen MR) is 120 cm³/mol. The van der Waals surface area contributed by atoms with Gasteiger partial charge in [-0.15, -0.1) is 0 Å². The van der Waals surface area contributed by atoms with Gasteiger partial charge in [-0.25, -0.2) is 4.98 Å². The summed E-state index contributed by atoms with van der Waals surface area (Å²) >= 11 is 0. The van der Waals surface area contributed by atoms with Crippen LogP contribution in [0.3, 0.4) is 0 Å². The van der Waals surface area contributed by atoms with Crippen LogP contribution in [-0.2, 0) is 9.59 Å². The first kappa shape index (κ1) is 20.3. The fourth-order valence-corrected chi connectivity index (χ4v) is 3.73. The van der Waals surface area contributed by atoms with E-state index in [9.17, 15) is 9.59 Å². The number of nitrogens with one attached hydrogen (secondary N) is 1. The number of amides is 2. The molecule has 1 saturated carbocycles. The van der Waals surface area contributed by atoms with Gasteiger partial charge in [-0.1, -0.05) is 31.2 Å². The Morgan fingerprint density at radius 1 is 1.13 bits per heavy atom. The second kappa shape index (κ2) is 8.82. The van der Waals surface area contributed by atoms with Crippen LogP contribution in [0.5, 0.6) is 0 Å². The van der Waals surface area contributed by atoms with Gasteiger partial charge in [-0.3, -0.25) is 9.59 Å². The van der Waals surface area contributed by atoms with Gasteiger partial charge in [0.15, 0.2) is 0 Å². The number of carbonyl (C=O) groups is 2. The molecular weight excluding hydrogens is 374 g/mol. The third-order valence-electron chi connectivity index (χ3n) is 6.11. The number of pyridine rings is 1. The molecule has 1 aliphatic heterocycles. The van der Waals surface area contributed by atoms with Crippen molar-refractivity contribution in [1.82, 2.24) is 9.88 Å². The van der Waals surface area contributed by atoms with Gasteiger partial charge < -0.3 is 10.2 Å². The van der Waals surface area contributed by atoms with E-state index in [4.69, 9.17) is 0 Å². The average molecular weight is 404 g/mol. The lowest BCUT2D eigenvalue weighted by Gasteiger charge is -2.19. The molecule has 0 radical (unpaired) electrons. The van der Waals surface area contributed by atoms with Gasteiger partial charge in [0.2, 0.25) is 11.8 Å². The number of nitrogens with zero attached hydrogens (tertiary/aromatic N) is 2. The normalized spacial score (nSPS) is 20.4. The van der Waals surface area contributed by atoms with E-state index >= 15 is 0 Å². The highest BCUT2D eigenvalue weighted by atomic mass is 16.2. The fraction of sp³-hybridized carbons (Fsp3) is 0.400. The molecule has 0 unspecified atom stereocenters. The molecule has 0 aromatic carbocycles. The SMILES string of the molecule is CC1(C(=O)Nc2ccc(/C=C/C(=O)N3CCC=C(C4=CCCC=C4)CC3)cn2)CC1. The largest absolute Gasteiger partial charge is 0.339 e. The Balaban J connectivity index is 1.30. The lowest BCUT2D eigenvalue weighted by Crippen LogP contribution is -2.30. The van der Waals surface area contributed by atoms with Crippen molar-refractivity contribution in [3.8, 4) is 0 Å². The average Bonchev–Trinajstić information content (AvgIpc) is 3.57. The summed E-state index contributed by atoms with van der Waals surface area (Å²) in [4.78, 5) is 30.9. The topological polar surface area (TPSA) is 62.3 Å². The smallest absolute Gasteiger partial charge is 0.246 e. The summed E-state index contributed by atoms with van der Waals surface area (Å²) in [6.45, 7) is 3.45. The summed E-state index contributed by atoms with van der Waals surface area (Å²) in [5, 5.41) is 2.86. The van der Waals surface area contributed by atoms with E-state index in [1.165, 1.54) is 11.1 Å². The number of carbonyl (C=O) groups excluding carboxylic acids is 2. The molecule has 1 N–H and O–H groups in total. The van der Waals surface area contributed by atoms with Crippen LogP contribution >= 0.6 is 0 Å². The van der Waals surface area contributed by atoms with Crippen molar-refractivity contribution >= 4 is 23.7 Å². The van der Waals surface area contributed by atoms with Crippen LogP contribution in [-0.4, -0.2) is 34.8 Å². The quantitative estimate of drug-likeness (QED) is 0.728. The maximum atomic E-state index is 12.6. The van der Waals surface area contributed by atoms with Crippen molar-refractivity contribution < 1.29 is 9.59 Å². The second-order valence-electron chi connectivity index (χ2n) is 8.56. The van der Waals surface area contributed by atoms with Crippen LogP contribution in [0.1, 0.15) is 51.0 Å². The Morgan fingerprint density at radius 2 is 2.00 bits per heavy atom. The first-order valence-corrected chi connectivity index (χ1v) is 10.8. The molecule has 1 fully saturated rings. The number of hydrogen-bond acceptors (Lipinski definition) is 3. The van der Waals surface area contributed by atoms with Gasteiger partial charge in [-0.2, -0.15) is 0 Å². The van der Waals surface area contributed by atoms with Crippen LogP contribution in [0, 0.1) is 5.41 Å². The molecule has 3 aliphatic rings. The molecule has 5 nitrogen and oxygen atoms in total. The molecule has 1 aromatic heterocycles. The lowest BCUT2D eigenvalue weighted by atomic mass is 9.97. The zero-order chi connectivity index (χ0) is 21.0. The summed E-state index contributed by atoms with van der Waals surface area (Å²) in [6.07, 6.45) is 20.0. The monoisotopic (exact) mass is 403 g/mol. The fourth-order valence-electron chi connectivity index (χ4n) is 3.73. The minimum Gasteiger partial charge on any atom is -0.339 e. The van der Waals surface area contributed by atoms with Crippen LogP contribution < -0.4 is 5.32 Å². The van der Waals surface area contributed by atoms with Gasteiger partial charge in [0, 0.05) is 30.8 Å². The molecule has 0 bridgehead atoms. The predicted octanol–water partition coefficient (Wildman–Crippen LogP) is 4.66. The summed E-state index contributed by atoms with van der Waals surface area (Å²) in [5.74, 6) is 0.604. The van der Waals surface area contributed by atoms with E-state index in [1.807, 2.05) is 17.9 Å². The first-order valence-electron chi connectivity index (χ1n) is 10.8. The number of anilines is 1. The van der Waals surface area contributed by atoms with Crippen LogP contribution in [0.25, 0.3) is 6.08 Å². The maximum Gasteiger partial charge on any atom is 0.246 e. The summed E-state index contributed by atoms with van der Waals surface area (Å²) < 4.78 is 0. The standard InChI is InChI=1S/C25H29N3O2/c1-25(14-15-25)24(30)27-22-11-9-19(18-26-22)10-12-23(29)28-16-5-8-21(13-17-28)20-6-3-2-4-7-20/h3,6-12,18H,2,4-5,13-17H2,1H3,(H,26,27,30)/b12-10+. The van der Waals surface area contributed by atoms with Gasteiger partial charge in [-0.05, 0) is 73.4 Å². The minimum absolute atomic E-state index is 0.0249. The molecular formula is C25H29N3O2. The van der Waals surface area contributed by atoms with Crippen molar-refractivity contribution in [2.24, 2.45) is 5.41 Å². The first-order chi connectivity index (χ1) is 14.5. The second-order valence-corrected chi connectivity index (χ2v) is 8.56. The minimum atomic E-state index is -0.224. The molecule has 2 amide bonds. The Kier molecular flexibility index (Phi) is 5.98. The third-order valence-corrected chi connectivity index (χ3v) is 6.11. The van der Waals surface area contributed by atoms with Gasteiger partial charge >= 0.3 is 0 Å². The Morgan fingerprint density at radius 3 is 2.70 bits per heavy atom. The van der Waals surface area contributed by atoms with Crippen molar-refractivity contribution in [2.45, 2.75) is 45.4 Å². The number of rotatable bonds is 5. The Hall–Kier alpha value is -2.95. The molecule has 0 saturated heterocycles. The number of hydrogen-bond donors (Lipinski definition) is 1. The number of allylic oxidation sites excluding steroid dienone is 4. The maximum absolute atomic E-state index is 12.6. The summed E-state index contributed by atoms with van der Waals surface area (Å²) in [7, 11) is 0. The molecule has 5 heteroatoms. The van der Waals surface area contributed by atoms with Crippen molar-refractivity contribution in [3.05, 3.63) is 65.4 Å². The molecule has 4 rings (SSSR count). The number of aromatic nitrogens is 1. The summed E-state index contributed by atoms with van der Waals surface area (Å²) in [6, 6.07) is 3.65. The Labute approximate surface area is 178 Å². The molecule has 2 aliphatic carbocycles. The highest BCUT2D eigenvalue weighted by molar-refractivity contribution is 5.96. The van der Waals surface area contributed by atoms with E-state index in [0.29, 0.717) is 5.82 Å². The highest BCUT2D eigenvalue weighted by Gasteiger charge is 2.44. The zero-order valence-corrected chi connectivity index (χ0v) is 17.6. The van der Waals surface area contributed by atoms with Crippen molar-refractivity contribution in [2.75, 3.05) is 18.4 Å². The molecule has 1 aromatic rings. The van der Waals surface area contributed by atoms with E-state index < -0.39 is 0 Å². The molecule has 0 spiro atoms.